The Morgan fingerprint density at radius 3 is 2.50 bits per heavy atom. The minimum atomic E-state index is -0.985. The van der Waals surface area contributed by atoms with Gasteiger partial charge in [0.1, 0.15) is 0 Å². The summed E-state index contributed by atoms with van der Waals surface area (Å²) in [5, 5.41) is 8.82. The van der Waals surface area contributed by atoms with Crippen molar-refractivity contribution in [3.63, 3.8) is 0 Å². The van der Waals surface area contributed by atoms with Crippen molar-refractivity contribution in [2.24, 2.45) is 5.92 Å². The van der Waals surface area contributed by atoms with Crippen LogP contribution >= 0.6 is 0 Å². The molecular formula is C13H19N3O2. The second-order valence-electron chi connectivity index (χ2n) is 5.18. The SMILES string of the molecule is CC(C)CCN(c1ncc(C(=O)O)cn1)C1CC1. The molecule has 0 bridgehead atoms. The molecular weight excluding hydrogens is 230 g/mol. The van der Waals surface area contributed by atoms with E-state index in [-0.39, 0.29) is 5.56 Å². The molecule has 1 fully saturated rings. The topological polar surface area (TPSA) is 66.3 Å². The fourth-order valence-corrected chi connectivity index (χ4v) is 1.81. The molecule has 1 saturated carbocycles. The number of aromatic carboxylic acids is 1. The van der Waals surface area contributed by atoms with Gasteiger partial charge in [0.2, 0.25) is 5.95 Å². The monoisotopic (exact) mass is 249 g/mol. The van der Waals surface area contributed by atoms with Crippen LogP contribution in [-0.2, 0) is 0 Å². The van der Waals surface area contributed by atoms with Crippen LogP contribution in [0, 0.1) is 5.92 Å². The van der Waals surface area contributed by atoms with Crippen LogP contribution in [0.15, 0.2) is 12.4 Å². The van der Waals surface area contributed by atoms with Crippen molar-refractivity contribution in [3.8, 4) is 0 Å². The smallest absolute Gasteiger partial charge is 0.338 e. The third-order valence-corrected chi connectivity index (χ3v) is 3.08. The van der Waals surface area contributed by atoms with Crippen molar-refractivity contribution in [1.82, 2.24) is 9.97 Å². The standard InChI is InChI=1S/C13H19N3O2/c1-9(2)5-6-16(11-3-4-11)13-14-7-10(8-15-13)12(17)18/h7-9,11H,3-6H2,1-2H3,(H,17,18). The minimum absolute atomic E-state index is 0.137. The summed E-state index contributed by atoms with van der Waals surface area (Å²) in [6.07, 6.45) is 6.23. The van der Waals surface area contributed by atoms with Gasteiger partial charge in [-0.25, -0.2) is 14.8 Å². The molecule has 1 aromatic rings. The van der Waals surface area contributed by atoms with E-state index < -0.39 is 5.97 Å². The average molecular weight is 249 g/mol. The van der Waals surface area contributed by atoms with Gasteiger partial charge in [0.05, 0.1) is 5.56 Å². The first-order valence-electron chi connectivity index (χ1n) is 6.40. The van der Waals surface area contributed by atoms with E-state index in [2.05, 4.69) is 28.7 Å². The van der Waals surface area contributed by atoms with Crippen molar-refractivity contribution in [1.29, 1.82) is 0 Å². The summed E-state index contributed by atoms with van der Waals surface area (Å²) in [5.41, 5.74) is 0.137. The largest absolute Gasteiger partial charge is 0.478 e. The Kier molecular flexibility index (Phi) is 3.79. The van der Waals surface area contributed by atoms with E-state index >= 15 is 0 Å². The lowest BCUT2D eigenvalue weighted by atomic mass is 10.1. The molecule has 1 aliphatic carbocycles. The van der Waals surface area contributed by atoms with Crippen molar-refractivity contribution >= 4 is 11.9 Å². The van der Waals surface area contributed by atoms with Gasteiger partial charge < -0.3 is 10.0 Å². The van der Waals surface area contributed by atoms with E-state index in [0.29, 0.717) is 17.9 Å². The molecule has 0 amide bonds. The Balaban J connectivity index is 2.07. The van der Waals surface area contributed by atoms with E-state index in [1.54, 1.807) is 0 Å². The predicted octanol–water partition coefficient (Wildman–Crippen LogP) is 2.19. The van der Waals surface area contributed by atoms with Crippen LogP contribution in [0.2, 0.25) is 0 Å². The van der Waals surface area contributed by atoms with Crippen molar-refractivity contribution in [2.75, 3.05) is 11.4 Å². The molecule has 0 aromatic carbocycles. The molecule has 2 rings (SSSR count). The van der Waals surface area contributed by atoms with Crippen molar-refractivity contribution in [2.45, 2.75) is 39.2 Å². The van der Waals surface area contributed by atoms with Gasteiger partial charge in [0.15, 0.2) is 0 Å². The third-order valence-electron chi connectivity index (χ3n) is 3.08. The van der Waals surface area contributed by atoms with Gasteiger partial charge in [0, 0.05) is 25.0 Å². The highest BCUT2D eigenvalue weighted by molar-refractivity contribution is 5.86. The number of hydrogen-bond acceptors (Lipinski definition) is 4. The molecule has 1 aliphatic rings. The summed E-state index contributed by atoms with van der Waals surface area (Å²) in [6.45, 7) is 5.33. The Morgan fingerprint density at radius 2 is 2.06 bits per heavy atom. The van der Waals surface area contributed by atoms with E-state index in [4.69, 9.17) is 5.11 Å². The Bertz CT molecular complexity index is 413. The normalized spacial score (nSPS) is 14.8. The highest BCUT2D eigenvalue weighted by atomic mass is 16.4. The zero-order chi connectivity index (χ0) is 13.1. The maximum absolute atomic E-state index is 10.7. The fourth-order valence-electron chi connectivity index (χ4n) is 1.81. The number of hydrogen-bond donors (Lipinski definition) is 1. The quantitative estimate of drug-likeness (QED) is 0.837. The molecule has 1 heterocycles. The number of aromatic nitrogens is 2. The summed E-state index contributed by atoms with van der Waals surface area (Å²) in [6, 6.07) is 0.541. The summed E-state index contributed by atoms with van der Waals surface area (Å²) < 4.78 is 0. The van der Waals surface area contributed by atoms with Gasteiger partial charge in [-0.2, -0.15) is 0 Å². The second kappa shape index (κ2) is 5.33. The lowest BCUT2D eigenvalue weighted by Crippen LogP contribution is -2.29. The zero-order valence-corrected chi connectivity index (χ0v) is 10.8. The molecule has 0 aliphatic heterocycles. The van der Waals surface area contributed by atoms with Gasteiger partial charge in [0.25, 0.3) is 0 Å². The molecule has 0 atom stereocenters. The number of carbonyl (C=O) groups is 1. The van der Waals surface area contributed by atoms with Gasteiger partial charge >= 0.3 is 5.97 Å². The van der Waals surface area contributed by atoms with E-state index in [1.807, 2.05) is 0 Å². The first-order valence-corrected chi connectivity index (χ1v) is 6.40. The highest BCUT2D eigenvalue weighted by Gasteiger charge is 2.30. The zero-order valence-electron chi connectivity index (χ0n) is 10.8. The third kappa shape index (κ3) is 3.18. The summed E-state index contributed by atoms with van der Waals surface area (Å²) in [7, 11) is 0. The summed E-state index contributed by atoms with van der Waals surface area (Å²) in [5.74, 6) is 0.314. The average Bonchev–Trinajstić information content (AvgIpc) is 3.14. The van der Waals surface area contributed by atoms with E-state index in [9.17, 15) is 4.79 Å². The van der Waals surface area contributed by atoms with Crippen LogP contribution < -0.4 is 4.90 Å². The molecule has 18 heavy (non-hydrogen) atoms. The predicted molar refractivity (Wildman–Crippen MR) is 68.8 cm³/mol. The maximum atomic E-state index is 10.7. The fraction of sp³-hybridized carbons (Fsp3) is 0.615. The summed E-state index contributed by atoms with van der Waals surface area (Å²) in [4.78, 5) is 21.3. The molecule has 0 unspecified atom stereocenters. The first kappa shape index (κ1) is 12.8. The lowest BCUT2D eigenvalue weighted by molar-refractivity contribution is 0.0696. The first-order chi connectivity index (χ1) is 8.58. The van der Waals surface area contributed by atoms with Gasteiger partial charge in [-0.05, 0) is 25.2 Å². The number of rotatable bonds is 6. The van der Waals surface area contributed by atoms with Gasteiger partial charge in [-0.1, -0.05) is 13.8 Å². The van der Waals surface area contributed by atoms with Crippen molar-refractivity contribution in [3.05, 3.63) is 18.0 Å². The molecule has 5 heteroatoms. The van der Waals surface area contributed by atoms with Crippen LogP contribution in [0.25, 0.3) is 0 Å². The number of anilines is 1. The Hall–Kier alpha value is -1.65. The Morgan fingerprint density at radius 1 is 1.44 bits per heavy atom. The highest BCUT2D eigenvalue weighted by Crippen LogP contribution is 2.30. The molecule has 1 N–H and O–H groups in total. The van der Waals surface area contributed by atoms with Gasteiger partial charge in [-0.3, -0.25) is 0 Å². The number of carboxylic acid groups (broad SMARTS) is 1. The number of carboxylic acids is 1. The molecule has 0 radical (unpaired) electrons. The van der Waals surface area contributed by atoms with Crippen LogP contribution in [0.1, 0.15) is 43.5 Å². The maximum Gasteiger partial charge on any atom is 0.338 e. The molecule has 0 spiro atoms. The van der Waals surface area contributed by atoms with Crippen LogP contribution in [0.4, 0.5) is 5.95 Å². The van der Waals surface area contributed by atoms with Crippen LogP contribution in [-0.4, -0.2) is 33.6 Å². The lowest BCUT2D eigenvalue weighted by Gasteiger charge is -2.23. The van der Waals surface area contributed by atoms with Crippen LogP contribution in [0.3, 0.4) is 0 Å². The van der Waals surface area contributed by atoms with E-state index in [1.165, 1.54) is 25.2 Å². The molecule has 0 saturated heterocycles. The van der Waals surface area contributed by atoms with Crippen LogP contribution in [0.5, 0.6) is 0 Å². The van der Waals surface area contributed by atoms with E-state index in [0.717, 1.165) is 13.0 Å². The second-order valence-corrected chi connectivity index (χ2v) is 5.18. The summed E-state index contributed by atoms with van der Waals surface area (Å²) >= 11 is 0. The van der Waals surface area contributed by atoms with Crippen molar-refractivity contribution < 1.29 is 9.90 Å². The molecule has 98 valence electrons. The Labute approximate surface area is 107 Å². The molecule has 5 nitrogen and oxygen atoms in total. The molecule has 1 aromatic heterocycles. The minimum Gasteiger partial charge on any atom is -0.478 e. The van der Waals surface area contributed by atoms with Gasteiger partial charge in [-0.15, -0.1) is 0 Å². The number of nitrogens with zero attached hydrogens (tertiary/aromatic N) is 3.